The summed E-state index contributed by atoms with van der Waals surface area (Å²) in [7, 11) is 0. The molecule has 0 bridgehead atoms. The van der Waals surface area contributed by atoms with Crippen LogP contribution in [0.4, 0.5) is 8.78 Å². The van der Waals surface area contributed by atoms with E-state index in [1.165, 1.54) is 0 Å². The second kappa shape index (κ2) is 2.66. The molecule has 3 heteroatoms. The van der Waals surface area contributed by atoms with Crippen molar-refractivity contribution in [2.75, 3.05) is 13.1 Å². The van der Waals surface area contributed by atoms with E-state index in [4.69, 9.17) is 0 Å². The Morgan fingerprint density at radius 3 is 2.67 bits per heavy atom. The SMILES string of the molecule is CCC1C(C2CCNC2)C1(F)F. The average molecular weight is 175 g/mol. The van der Waals surface area contributed by atoms with E-state index in [1.807, 2.05) is 6.92 Å². The number of nitrogens with one attached hydrogen (secondary N) is 1. The molecule has 2 rings (SSSR count). The van der Waals surface area contributed by atoms with Gasteiger partial charge in [-0.3, -0.25) is 0 Å². The van der Waals surface area contributed by atoms with Crippen molar-refractivity contribution in [2.45, 2.75) is 25.7 Å². The first-order valence-corrected chi connectivity index (χ1v) is 4.76. The van der Waals surface area contributed by atoms with E-state index in [0.29, 0.717) is 6.42 Å². The first kappa shape index (κ1) is 8.42. The van der Waals surface area contributed by atoms with Gasteiger partial charge in [-0.2, -0.15) is 0 Å². The minimum atomic E-state index is -2.34. The Morgan fingerprint density at radius 2 is 2.25 bits per heavy atom. The van der Waals surface area contributed by atoms with E-state index in [9.17, 15) is 8.78 Å². The van der Waals surface area contributed by atoms with Crippen LogP contribution in [-0.2, 0) is 0 Å². The highest BCUT2D eigenvalue weighted by Gasteiger charge is 2.69. The normalized spacial score (nSPS) is 44.8. The molecule has 0 spiro atoms. The van der Waals surface area contributed by atoms with E-state index in [-0.39, 0.29) is 17.8 Å². The summed E-state index contributed by atoms with van der Waals surface area (Å²) in [6.45, 7) is 3.59. The van der Waals surface area contributed by atoms with Gasteiger partial charge < -0.3 is 5.32 Å². The van der Waals surface area contributed by atoms with E-state index in [0.717, 1.165) is 19.5 Å². The highest BCUT2D eigenvalue weighted by molar-refractivity contribution is 5.08. The molecule has 1 saturated heterocycles. The van der Waals surface area contributed by atoms with Crippen LogP contribution in [0, 0.1) is 17.8 Å². The van der Waals surface area contributed by atoms with Gasteiger partial charge in [-0.25, -0.2) is 8.78 Å². The van der Waals surface area contributed by atoms with E-state index in [2.05, 4.69) is 5.32 Å². The molecule has 3 atom stereocenters. The molecule has 2 fully saturated rings. The zero-order valence-corrected chi connectivity index (χ0v) is 7.32. The van der Waals surface area contributed by atoms with Crippen LogP contribution in [0.15, 0.2) is 0 Å². The first-order valence-electron chi connectivity index (χ1n) is 4.76. The summed E-state index contributed by atoms with van der Waals surface area (Å²) >= 11 is 0. The number of hydrogen-bond acceptors (Lipinski definition) is 1. The van der Waals surface area contributed by atoms with Crippen molar-refractivity contribution < 1.29 is 8.78 Å². The predicted octanol–water partition coefficient (Wildman–Crippen LogP) is 1.89. The quantitative estimate of drug-likeness (QED) is 0.675. The molecule has 3 unspecified atom stereocenters. The van der Waals surface area contributed by atoms with Gasteiger partial charge in [-0.15, -0.1) is 0 Å². The molecule has 0 aromatic rings. The van der Waals surface area contributed by atoms with Gasteiger partial charge in [0.15, 0.2) is 0 Å². The maximum absolute atomic E-state index is 13.1. The Balaban J connectivity index is 1.97. The average Bonchev–Trinajstić information content (AvgIpc) is 2.50. The van der Waals surface area contributed by atoms with Crippen LogP contribution in [0.2, 0.25) is 0 Å². The molecule has 1 saturated carbocycles. The van der Waals surface area contributed by atoms with Gasteiger partial charge in [0, 0.05) is 11.8 Å². The van der Waals surface area contributed by atoms with Crippen molar-refractivity contribution in [1.29, 1.82) is 0 Å². The standard InChI is InChI=1S/C9H15F2N/c1-2-7-8(9(7,10)11)6-3-4-12-5-6/h6-8,12H,2-5H2,1H3. The number of halogens is 2. The predicted molar refractivity (Wildman–Crippen MR) is 43.2 cm³/mol. The van der Waals surface area contributed by atoms with Crippen LogP contribution in [0.1, 0.15) is 19.8 Å². The zero-order valence-electron chi connectivity index (χ0n) is 7.32. The van der Waals surface area contributed by atoms with Crippen molar-refractivity contribution in [2.24, 2.45) is 17.8 Å². The third-order valence-corrected chi connectivity index (χ3v) is 3.31. The van der Waals surface area contributed by atoms with Gasteiger partial charge >= 0.3 is 0 Å². The lowest BCUT2D eigenvalue weighted by molar-refractivity contribution is 0.0748. The Labute approximate surface area is 71.5 Å². The van der Waals surface area contributed by atoms with Crippen molar-refractivity contribution in [3.05, 3.63) is 0 Å². The molecule has 0 radical (unpaired) electrons. The Hall–Kier alpha value is -0.180. The van der Waals surface area contributed by atoms with Crippen LogP contribution < -0.4 is 5.32 Å². The second-order valence-electron chi connectivity index (χ2n) is 3.97. The molecule has 12 heavy (non-hydrogen) atoms. The molecule has 0 aromatic heterocycles. The van der Waals surface area contributed by atoms with Gasteiger partial charge in [-0.1, -0.05) is 6.92 Å². The third-order valence-electron chi connectivity index (χ3n) is 3.31. The molecular weight excluding hydrogens is 160 g/mol. The van der Waals surface area contributed by atoms with Crippen molar-refractivity contribution >= 4 is 0 Å². The molecule has 0 aromatic carbocycles. The highest BCUT2D eigenvalue weighted by Crippen LogP contribution is 2.61. The van der Waals surface area contributed by atoms with Crippen molar-refractivity contribution in [3.63, 3.8) is 0 Å². The van der Waals surface area contributed by atoms with Gasteiger partial charge in [-0.05, 0) is 31.8 Å². The molecule has 70 valence electrons. The van der Waals surface area contributed by atoms with Crippen molar-refractivity contribution in [3.8, 4) is 0 Å². The fraction of sp³-hybridized carbons (Fsp3) is 1.00. The molecule has 1 heterocycles. The smallest absolute Gasteiger partial charge is 0.254 e. The molecular formula is C9H15F2N. The fourth-order valence-corrected chi connectivity index (χ4v) is 2.57. The lowest BCUT2D eigenvalue weighted by Crippen LogP contribution is -2.13. The molecule has 0 amide bonds. The second-order valence-corrected chi connectivity index (χ2v) is 3.97. The van der Waals surface area contributed by atoms with Crippen molar-refractivity contribution in [1.82, 2.24) is 5.32 Å². The maximum Gasteiger partial charge on any atom is 0.254 e. The molecule has 1 aliphatic heterocycles. The monoisotopic (exact) mass is 175 g/mol. The Kier molecular flexibility index (Phi) is 1.86. The largest absolute Gasteiger partial charge is 0.316 e. The summed E-state index contributed by atoms with van der Waals surface area (Å²) in [4.78, 5) is 0. The molecule has 2 aliphatic rings. The Morgan fingerprint density at radius 1 is 1.50 bits per heavy atom. The zero-order chi connectivity index (χ0) is 8.77. The summed E-state index contributed by atoms with van der Waals surface area (Å²) < 4.78 is 26.2. The van der Waals surface area contributed by atoms with Gasteiger partial charge in [0.1, 0.15) is 0 Å². The topological polar surface area (TPSA) is 12.0 Å². The highest BCUT2D eigenvalue weighted by atomic mass is 19.3. The Bertz CT molecular complexity index is 175. The maximum atomic E-state index is 13.1. The van der Waals surface area contributed by atoms with Crippen LogP contribution in [0.3, 0.4) is 0 Å². The van der Waals surface area contributed by atoms with Gasteiger partial charge in [0.25, 0.3) is 5.92 Å². The lowest BCUT2D eigenvalue weighted by Gasteiger charge is -2.04. The molecule has 1 nitrogen and oxygen atoms in total. The summed E-state index contributed by atoms with van der Waals surface area (Å²) in [6.07, 6.45) is 1.57. The minimum absolute atomic E-state index is 0.241. The molecule has 1 aliphatic carbocycles. The summed E-state index contributed by atoms with van der Waals surface area (Å²) in [5, 5.41) is 3.14. The molecule has 1 N–H and O–H groups in total. The summed E-state index contributed by atoms with van der Waals surface area (Å²) in [5.74, 6) is -2.73. The van der Waals surface area contributed by atoms with Crippen LogP contribution >= 0.6 is 0 Å². The van der Waals surface area contributed by atoms with Crippen LogP contribution in [0.5, 0.6) is 0 Å². The van der Waals surface area contributed by atoms with Crippen LogP contribution in [-0.4, -0.2) is 19.0 Å². The van der Waals surface area contributed by atoms with E-state index >= 15 is 0 Å². The number of alkyl halides is 2. The lowest BCUT2D eigenvalue weighted by atomic mass is 10.0. The fourth-order valence-electron chi connectivity index (χ4n) is 2.57. The first-order chi connectivity index (χ1) is 5.68. The van der Waals surface area contributed by atoms with E-state index in [1.54, 1.807) is 0 Å². The van der Waals surface area contributed by atoms with E-state index < -0.39 is 5.92 Å². The van der Waals surface area contributed by atoms with Gasteiger partial charge in [0.2, 0.25) is 0 Å². The third kappa shape index (κ3) is 1.06. The minimum Gasteiger partial charge on any atom is -0.316 e. The number of rotatable bonds is 2. The summed E-state index contributed by atoms with van der Waals surface area (Å²) in [6, 6.07) is 0. The number of hydrogen-bond donors (Lipinski definition) is 1. The van der Waals surface area contributed by atoms with Crippen LogP contribution in [0.25, 0.3) is 0 Å². The van der Waals surface area contributed by atoms with Gasteiger partial charge in [0.05, 0.1) is 0 Å². The summed E-state index contributed by atoms with van der Waals surface area (Å²) in [5.41, 5.74) is 0.